The molecule has 1 saturated heterocycles. The predicted octanol–water partition coefficient (Wildman–Crippen LogP) is 2.42. The van der Waals surface area contributed by atoms with Crippen molar-refractivity contribution in [1.29, 1.82) is 0 Å². The number of carbonyl (C=O) groups is 4. The van der Waals surface area contributed by atoms with Gasteiger partial charge in [-0.2, -0.15) is 0 Å². The number of alkyl carbamates (subject to hydrolysis) is 1. The van der Waals surface area contributed by atoms with Crippen molar-refractivity contribution >= 4 is 23.6 Å². The number of allylic oxidation sites excluding steroid dienone is 5. The first-order valence-electron chi connectivity index (χ1n) is 13.7. The van der Waals surface area contributed by atoms with Crippen LogP contribution in [0.2, 0.25) is 0 Å². The van der Waals surface area contributed by atoms with E-state index in [1.165, 1.54) is 20.3 Å². The Labute approximate surface area is 241 Å². The molecular formula is C30H42N2O9. The molecule has 2 N–H and O–H groups in total. The first-order chi connectivity index (χ1) is 19.5. The molecule has 0 radical (unpaired) electrons. The Bertz CT molecular complexity index is 1140. The molecule has 0 saturated carbocycles. The zero-order valence-corrected chi connectivity index (χ0v) is 25.0. The molecule has 2 aliphatic heterocycles. The smallest absolute Gasteiger partial charge is 0.407 e. The van der Waals surface area contributed by atoms with Gasteiger partial charge < -0.3 is 34.3 Å². The summed E-state index contributed by atoms with van der Waals surface area (Å²) in [6, 6.07) is -0.346. The normalized spacial score (nSPS) is 37.6. The van der Waals surface area contributed by atoms with Crippen LogP contribution in [0.15, 0.2) is 47.2 Å². The van der Waals surface area contributed by atoms with Gasteiger partial charge in [-0.3, -0.25) is 14.4 Å². The number of ether oxygens (including phenoxy) is 5. The summed E-state index contributed by atoms with van der Waals surface area (Å²) in [4.78, 5) is 51.6. The summed E-state index contributed by atoms with van der Waals surface area (Å²) in [7, 11) is 6.15. The summed E-state index contributed by atoms with van der Waals surface area (Å²) in [6.45, 7) is 7.43. The topological polar surface area (TPSA) is 138 Å². The van der Waals surface area contributed by atoms with Gasteiger partial charge in [-0.15, -0.1) is 0 Å². The fourth-order valence-electron chi connectivity index (χ4n) is 6.00. The lowest BCUT2D eigenvalue weighted by molar-refractivity contribution is -0.121. The van der Waals surface area contributed by atoms with E-state index in [1.54, 1.807) is 39.4 Å². The van der Waals surface area contributed by atoms with Crippen LogP contribution in [0.25, 0.3) is 0 Å². The van der Waals surface area contributed by atoms with E-state index < -0.39 is 54.1 Å². The number of ketones is 2. The zero-order chi connectivity index (χ0) is 30.4. The Kier molecular flexibility index (Phi) is 11.2. The molecule has 9 atom stereocenters. The van der Waals surface area contributed by atoms with Crippen LogP contribution in [-0.2, 0) is 38.1 Å². The predicted molar refractivity (Wildman–Crippen MR) is 150 cm³/mol. The Morgan fingerprint density at radius 1 is 0.902 bits per heavy atom. The number of rotatable bonds is 4. The maximum atomic E-state index is 13.4. The fraction of sp³-hybridized carbons (Fsp3) is 0.600. The molecule has 0 aromatic heterocycles. The molecule has 3 aliphatic rings. The lowest BCUT2D eigenvalue weighted by atomic mass is 9.78. The van der Waals surface area contributed by atoms with Gasteiger partial charge in [0.25, 0.3) is 5.91 Å². The average molecular weight is 575 g/mol. The van der Waals surface area contributed by atoms with E-state index in [0.29, 0.717) is 6.42 Å². The van der Waals surface area contributed by atoms with Gasteiger partial charge in [-0.05, 0) is 25.3 Å². The minimum absolute atomic E-state index is 0.122. The van der Waals surface area contributed by atoms with Crippen LogP contribution < -0.4 is 10.6 Å². The molecule has 4 bridgehead atoms. The lowest BCUT2D eigenvalue weighted by Gasteiger charge is -2.44. The second-order valence-electron chi connectivity index (χ2n) is 10.9. The molecule has 1 fully saturated rings. The molecule has 2 heterocycles. The molecule has 41 heavy (non-hydrogen) atoms. The Morgan fingerprint density at radius 3 is 2.22 bits per heavy atom. The summed E-state index contributed by atoms with van der Waals surface area (Å²) in [5.41, 5.74) is 0.314. The van der Waals surface area contributed by atoms with Gasteiger partial charge in [-0.25, -0.2) is 4.79 Å². The van der Waals surface area contributed by atoms with Gasteiger partial charge in [0.2, 0.25) is 5.78 Å². The monoisotopic (exact) mass is 574 g/mol. The van der Waals surface area contributed by atoms with E-state index in [4.69, 9.17) is 23.7 Å². The van der Waals surface area contributed by atoms with Gasteiger partial charge in [0, 0.05) is 63.5 Å². The van der Waals surface area contributed by atoms with Crippen LogP contribution in [-0.4, -0.2) is 88.6 Å². The van der Waals surface area contributed by atoms with Crippen LogP contribution >= 0.6 is 0 Å². The van der Waals surface area contributed by atoms with Crippen LogP contribution in [0.3, 0.4) is 0 Å². The zero-order valence-electron chi connectivity index (χ0n) is 25.0. The maximum Gasteiger partial charge on any atom is 0.407 e. The standard InChI is InChI=1S/C30H42N2O9/c1-15-10-9-11-22(37-5)28-18(4)24(32-30(36)41-28)17(3)27(40-8)23(38-6)12-16(2)26(39-7)20-13-19(33)14-21(25(20)34)31-29(15)35/h9-11,13-14,16-18,22-24,26-28H,12H2,1-8H3,(H,31,35)(H,32,36)/b11-9-,15-10+/t16-,17-,18?,22-,23-,24?,26+,27+,28-/m0/s1. The summed E-state index contributed by atoms with van der Waals surface area (Å²) < 4.78 is 28.9. The molecule has 0 aromatic rings. The number of hydrogen-bond acceptors (Lipinski definition) is 9. The molecule has 0 aromatic carbocycles. The van der Waals surface area contributed by atoms with E-state index in [1.807, 2.05) is 20.8 Å². The maximum absolute atomic E-state index is 13.4. The van der Waals surface area contributed by atoms with Crippen molar-refractivity contribution in [3.63, 3.8) is 0 Å². The summed E-state index contributed by atoms with van der Waals surface area (Å²) >= 11 is 0. The van der Waals surface area contributed by atoms with E-state index >= 15 is 0 Å². The van der Waals surface area contributed by atoms with E-state index in [-0.39, 0.29) is 40.6 Å². The van der Waals surface area contributed by atoms with Crippen molar-refractivity contribution in [3.8, 4) is 0 Å². The third-order valence-electron chi connectivity index (χ3n) is 8.26. The quantitative estimate of drug-likeness (QED) is 0.485. The molecule has 2 amide bonds. The molecular weight excluding hydrogens is 532 g/mol. The first kappa shape index (κ1) is 32.4. The van der Waals surface area contributed by atoms with Crippen molar-refractivity contribution in [2.24, 2.45) is 17.8 Å². The van der Waals surface area contributed by atoms with Gasteiger partial charge in [-0.1, -0.05) is 39.0 Å². The highest BCUT2D eigenvalue weighted by Gasteiger charge is 2.45. The number of amides is 2. The summed E-state index contributed by atoms with van der Waals surface area (Å²) in [6.07, 6.45) is 4.21. The highest BCUT2D eigenvalue weighted by molar-refractivity contribution is 6.22. The van der Waals surface area contributed by atoms with Gasteiger partial charge >= 0.3 is 6.09 Å². The van der Waals surface area contributed by atoms with Gasteiger partial charge in [0.05, 0.1) is 24.0 Å². The van der Waals surface area contributed by atoms with Crippen LogP contribution in [0.4, 0.5) is 4.79 Å². The molecule has 0 spiro atoms. The highest BCUT2D eigenvalue weighted by atomic mass is 16.6. The van der Waals surface area contributed by atoms with Crippen LogP contribution in [0, 0.1) is 17.8 Å². The lowest BCUT2D eigenvalue weighted by Crippen LogP contribution is -2.60. The van der Waals surface area contributed by atoms with E-state index in [2.05, 4.69) is 10.6 Å². The third kappa shape index (κ3) is 7.21. The fourth-order valence-corrected chi connectivity index (χ4v) is 6.00. The number of fused-ring (bicyclic) bond motifs is 4. The first-order valence-corrected chi connectivity index (χ1v) is 13.7. The minimum Gasteiger partial charge on any atom is -0.443 e. The number of Topliss-reactive ketones (excluding diaryl/α,β-unsaturated/α-hetero) is 1. The molecule has 11 nitrogen and oxygen atoms in total. The largest absolute Gasteiger partial charge is 0.443 e. The summed E-state index contributed by atoms with van der Waals surface area (Å²) in [5.74, 6) is -2.17. The van der Waals surface area contributed by atoms with Crippen molar-refractivity contribution in [2.75, 3.05) is 28.4 Å². The Morgan fingerprint density at radius 2 is 1.61 bits per heavy atom. The van der Waals surface area contributed by atoms with Crippen molar-refractivity contribution in [2.45, 2.75) is 70.7 Å². The number of carbonyl (C=O) groups excluding carboxylic acids is 4. The van der Waals surface area contributed by atoms with Gasteiger partial charge in [0.1, 0.15) is 12.2 Å². The number of hydrogen-bond donors (Lipinski definition) is 2. The Hall–Kier alpha value is -3.12. The van der Waals surface area contributed by atoms with E-state index in [9.17, 15) is 19.2 Å². The third-order valence-corrected chi connectivity index (χ3v) is 8.26. The molecule has 226 valence electrons. The minimum atomic E-state index is -0.757. The van der Waals surface area contributed by atoms with Crippen LogP contribution in [0.5, 0.6) is 0 Å². The Balaban J connectivity index is 2.09. The van der Waals surface area contributed by atoms with Gasteiger partial charge in [0.15, 0.2) is 5.78 Å². The van der Waals surface area contributed by atoms with Crippen molar-refractivity contribution in [3.05, 3.63) is 47.2 Å². The average Bonchev–Trinajstić information content (AvgIpc) is 2.94. The van der Waals surface area contributed by atoms with Crippen LogP contribution in [0.1, 0.15) is 34.1 Å². The number of nitrogens with one attached hydrogen (secondary N) is 2. The number of methoxy groups -OCH3 is 4. The van der Waals surface area contributed by atoms with E-state index in [0.717, 1.165) is 6.08 Å². The SMILES string of the molecule is CO[C@H]1[C@@H](OC)C[C@H](C)[C@@H](OC)C2=CC(=O)C=C(NC(=O)/C(C)=C/C=C\[C@H](OC)[C@H]3OC(=O)NC(C3C)[C@@H]1C)C2=O. The highest BCUT2D eigenvalue weighted by Crippen LogP contribution is 2.33. The molecule has 3 rings (SSSR count). The van der Waals surface area contributed by atoms with Crippen molar-refractivity contribution in [1.82, 2.24) is 10.6 Å². The molecule has 2 unspecified atom stereocenters. The second kappa shape index (κ2) is 14.2. The van der Waals surface area contributed by atoms with Crippen molar-refractivity contribution < 1.29 is 42.9 Å². The molecule has 11 heteroatoms. The molecule has 1 aliphatic carbocycles. The second-order valence-corrected chi connectivity index (χ2v) is 10.9. The summed E-state index contributed by atoms with van der Waals surface area (Å²) in [5, 5.41) is 5.52.